The Labute approximate surface area is 126 Å². The maximum absolute atomic E-state index is 4.38. The summed E-state index contributed by atoms with van der Waals surface area (Å²) >= 11 is 0. The molecule has 0 bridgehead atoms. The van der Waals surface area contributed by atoms with Crippen molar-refractivity contribution in [3.63, 3.8) is 0 Å². The van der Waals surface area contributed by atoms with Crippen molar-refractivity contribution in [1.82, 2.24) is 9.78 Å². The number of anilines is 3. The lowest BCUT2D eigenvalue weighted by molar-refractivity contribution is 0.637. The second-order valence-corrected chi connectivity index (χ2v) is 5.93. The third kappa shape index (κ3) is 2.13. The number of likely N-dealkylation sites (N-methyl/N-ethyl adjacent to an activating group) is 1. The van der Waals surface area contributed by atoms with Crippen molar-refractivity contribution in [3.05, 3.63) is 36.0 Å². The van der Waals surface area contributed by atoms with Gasteiger partial charge in [-0.3, -0.25) is 4.68 Å². The lowest BCUT2D eigenvalue weighted by Gasteiger charge is -2.25. The molecule has 1 aliphatic rings. The predicted molar refractivity (Wildman–Crippen MR) is 88.2 cm³/mol. The van der Waals surface area contributed by atoms with Crippen LogP contribution in [-0.2, 0) is 7.05 Å². The molecule has 1 aromatic heterocycles. The molecular formula is C16H23N5. The zero-order valence-electron chi connectivity index (χ0n) is 13.3. The van der Waals surface area contributed by atoms with Crippen LogP contribution in [0.5, 0.6) is 0 Å². The molecule has 2 atom stereocenters. The number of nitrogens with zero attached hydrogens (tertiary/aromatic N) is 4. The average molecular weight is 285 g/mol. The van der Waals surface area contributed by atoms with Crippen LogP contribution in [0.2, 0.25) is 0 Å². The molecule has 1 aliphatic heterocycles. The average Bonchev–Trinajstić information content (AvgIpc) is 2.94. The fourth-order valence-corrected chi connectivity index (χ4v) is 3.20. The molecule has 1 N–H and O–H groups in total. The van der Waals surface area contributed by atoms with Crippen LogP contribution in [0.1, 0.15) is 18.5 Å². The molecule has 0 aliphatic carbocycles. The summed E-state index contributed by atoms with van der Waals surface area (Å²) in [5.74, 6) is 1.09. The highest BCUT2D eigenvalue weighted by Gasteiger charge is 2.33. The van der Waals surface area contributed by atoms with Crippen LogP contribution in [0.25, 0.3) is 0 Å². The van der Waals surface area contributed by atoms with Gasteiger partial charge in [0.15, 0.2) is 0 Å². The molecule has 0 fully saturated rings. The third-order valence-corrected chi connectivity index (χ3v) is 4.39. The van der Waals surface area contributed by atoms with Crippen molar-refractivity contribution in [2.75, 3.05) is 36.3 Å². The molecule has 0 amide bonds. The van der Waals surface area contributed by atoms with Gasteiger partial charge in [-0.15, -0.1) is 0 Å². The fourth-order valence-electron chi connectivity index (χ4n) is 3.20. The van der Waals surface area contributed by atoms with Crippen molar-refractivity contribution in [3.8, 4) is 0 Å². The van der Waals surface area contributed by atoms with Gasteiger partial charge in [0, 0.05) is 33.9 Å². The first kappa shape index (κ1) is 13.8. The number of nitrogens with one attached hydrogen (secondary N) is 1. The zero-order chi connectivity index (χ0) is 15.1. The Bertz CT molecular complexity index is 646. The molecule has 0 saturated heterocycles. The van der Waals surface area contributed by atoms with Crippen LogP contribution in [-0.4, -0.2) is 37.0 Å². The molecular weight excluding hydrogens is 262 g/mol. The molecule has 3 rings (SSSR count). The third-order valence-electron chi connectivity index (χ3n) is 4.39. The maximum atomic E-state index is 4.38. The van der Waals surface area contributed by atoms with Crippen LogP contribution in [0.3, 0.4) is 0 Å². The van der Waals surface area contributed by atoms with Gasteiger partial charge in [0.2, 0.25) is 0 Å². The Hall–Kier alpha value is -2.17. The summed E-state index contributed by atoms with van der Waals surface area (Å²) < 4.78 is 1.90. The Balaban J connectivity index is 1.96. The van der Waals surface area contributed by atoms with Crippen LogP contribution in [0, 0.1) is 0 Å². The first-order chi connectivity index (χ1) is 10.0. The number of aromatic nitrogens is 2. The quantitative estimate of drug-likeness (QED) is 0.940. The van der Waals surface area contributed by atoms with E-state index in [9.17, 15) is 0 Å². The van der Waals surface area contributed by atoms with E-state index in [1.165, 1.54) is 11.3 Å². The minimum absolute atomic E-state index is 0.272. The highest BCUT2D eigenvalue weighted by molar-refractivity contribution is 5.69. The van der Waals surface area contributed by atoms with E-state index in [1.807, 2.05) is 32.0 Å². The Kier molecular flexibility index (Phi) is 3.27. The van der Waals surface area contributed by atoms with Gasteiger partial charge >= 0.3 is 0 Å². The van der Waals surface area contributed by atoms with Crippen LogP contribution in [0.15, 0.2) is 30.5 Å². The molecule has 2 unspecified atom stereocenters. The Morgan fingerprint density at radius 1 is 1.19 bits per heavy atom. The SMILES string of the molecule is CC1C(Nc2cnn(C)c2N(C)C)c2ccccc2N1C. The summed E-state index contributed by atoms with van der Waals surface area (Å²) in [7, 11) is 8.21. The van der Waals surface area contributed by atoms with E-state index in [0.717, 1.165) is 11.5 Å². The standard InChI is InChI=1S/C16H23N5/c1-11-15(12-8-6-7-9-14(12)20(11)4)18-13-10-17-21(5)16(13)19(2)3/h6-11,15,18H,1-5H3. The molecule has 0 radical (unpaired) electrons. The molecule has 5 nitrogen and oxygen atoms in total. The molecule has 0 spiro atoms. The van der Waals surface area contributed by atoms with Crippen LogP contribution < -0.4 is 15.1 Å². The number of hydrogen-bond donors (Lipinski definition) is 1. The van der Waals surface area contributed by atoms with Gasteiger partial charge in [-0.25, -0.2) is 0 Å². The van der Waals surface area contributed by atoms with Gasteiger partial charge in [0.1, 0.15) is 5.82 Å². The summed E-state index contributed by atoms with van der Waals surface area (Å²) in [4.78, 5) is 4.42. The summed E-state index contributed by atoms with van der Waals surface area (Å²) in [6.07, 6.45) is 1.91. The van der Waals surface area contributed by atoms with Crippen molar-refractivity contribution in [1.29, 1.82) is 0 Å². The summed E-state index contributed by atoms with van der Waals surface area (Å²) in [6.45, 7) is 2.25. The monoisotopic (exact) mass is 285 g/mol. The Morgan fingerprint density at radius 2 is 1.90 bits per heavy atom. The van der Waals surface area contributed by atoms with Gasteiger partial charge in [-0.05, 0) is 18.6 Å². The van der Waals surface area contributed by atoms with E-state index in [0.29, 0.717) is 6.04 Å². The van der Waals surface area contributed by atoms with E-state index in [1.54, 1.807) is 0 Å². The molecule has 112 valence electrons. The second kappa shape index (κ2) is 4.98. The van der Waals surface area contributed by atoms with E-state index < -0.39 is 0 Å². The fraction of sp³-hybridized carbons (Fsp3) is 0.438. The number of rotatable bonds is 3. The Morgan fingerprint density at radius 3 is 2.62 bits per heavy atom. The molecule has 2 heterocycles. The minimum atomic E-state index is 0.272. The van der Waals surface area contributed by atoms with Gasteiger partial charge < -0.3 is 15.1 Å². The smallest absolute Gasteiger partial charge is 0.149 e. The van der Waals surface area contributed by atoms with Crippen molar-refractivity contribution < 1.29 is 0 Å². The number of para-hydroxylation sites is 1. The number of hydrogen-bond acceptors (Lipinski definition) is 4. The normalized spacial score (nSPS) is 20.5. The molecule has 0 saturated carbocycles. The summed E-state index contributed by atoms with van der Waals surface area (Å²) in [6, 6.07) is 9.27. The predicted octanol–water partition coefficient (Wildman–Crippen LogP) is 2.48. The zero-order valence-corrected chi connectivity index (χ0v) is 13.3. The molecule has 5 heteroatoms. The first-order valence-electron chi connectivity index (χ1n) is 7.28. The summed E-state index contributed by atoms with van der Waals surface area (Å²) in [5, 5.41) is 8.06. The highest BCUT2D eigenvalue weighted by atomic mass is 15.4. The van der Waals surface area contributed by atoms with Gasteiger partial charge in [-0.2, -0.15) is 5.10 Å². The number of aryl methyl sites for hydroxylation is 1. The van der Waals surface area contributed by atoms with E-state index in [4.69, 9.17) is 0 Å². The van der Waals surface area contributed by atoms with Gasteiger partial charge in [-0.1, -0.05) is 18.2 Å². The van der Waals surface area contributed by atoms with Crippen molar-refractivity contribution in [2.45, 2.75) is 19.0 Å². The van der Waals surface area contributed by atoms with Crippen LogP contribution in [0.4, 0.5) is 17.2 Å². The maximum Gasteiger partial charge on any atom is 0.149 e. The highest BCUT2D eigenvalue weighted by Crippen LogP contribution is 2.41. The van der Waals surface area contributed by atoms with Crippen molar-refractivity contribution >= 4 is 17.2 Å². The molecule has 21 heavy (non-hydrogen) atoms. The van der Waals surface area contributed by atoms with Crippen molar-refractivity contribution in [2.24, 2.45) is 7.05 Å². The lowest BCUT2D eigenvalue weighted by atomic mass is 10.0. The lowest BCUT2D eigenvalue weighted by Crippen LogP contribution is -2.31. The van der Waals surface area contributed by atoms with Gasteiger partial charge in [0.05, 0.1) is 24.0 Å². The number of fused-ring (bicyclic) bond motifs is 1. The van der Waals surface area contributed by atoms with Crippen LogP contribution >= 0.6 is 0 Å². The van der Waals surface area contributed by atoms with E-state index in [2.05, 4.69) is 58.5 Å². The largest absolute Gasteiger partial charge is 0.372 e. The topological polar surface area (TPSA) is 36.3 Å². The summed E-state index contributed by atoms with van der Waals surface area (Å²) in [5.41, 5.74) is 3.73. The molecule has 2 aromatic rings. The van der Waals surface area contributed by atoms with Gasteiger partial charge in [0.25, 0.3) is 0 Å². The first-order valence-corrected chi connectivity index (χ1v) is 7.28. The molecule has 1 aromatic carbocycles. The second-order valence-electron chi connectivity index (χ2n) is 5.93. The van der Waals surface area contributed by atoms with E-state index in [-0.39, 0.29) is 6.04 Å². The number of benzene rings is 1. The van der Waals surface area contributed by atoms with E-state index >= 15 is 0 Å². The minimum Gasteiger partial charge on any atom is -0.372 e.